The molecule has 2 rings (SSSR count). The fraction of sp³-hybridized carbons (Fsp3) is 0.667. The minimum atomic E-state index is 0.279. The van der Waals surface area contributed by atoms with E-state index in [0.29, 0.717) is 24.5 Å². The van der Waals surface area contributed by atoms with Gasteiger partial charge >= 0.3 is 0 Å². The average Bonchev–Trinajstić information content (AvgIpc) is 3.11. The van der Waals surface area contributed by atoms with E-state index in [1.807, 2.05) is 0 Å². The Hall–Kier alpha value is -1.02. The van der Waals surface area contributed by atoms with Crippen molar-refractivity contribution in [3.05, 3.63) is 28.8 Å². The first-order valence-corrected chi connectivity index (χ1v) is 7.89. The van der Waals surface area contributed by atoms with Crippen molar-refractivity contribution >= 4 is 0 Å². The lowest BCUT2D eigenvalue weighted by Crippen LogP contribution is -2.11. The lowest BCUT2D eigenvalue weighted by molar-refractivity contribution is 0.256. The van der Waals surface area contributed by atoms with Crippen LogP contribution < -0.4 is 4.74 Å². The molecule has 0 aromatic heterocycles. The highest BCUT2D eigenvalue weighted by molar-refractivity contribution is 5.48. The summed E-state index contributed by atoms with van der Waals surface area (Å²) in [6, 6.07) is 4.62. The Labute approximate surface area is 123 Å². The molecular weight excluding hydrogens is 248 g/mol. The highest BCUT2D eigenvalue weighted by Crippen LogP contribution is 2.37. The second kappa shape index (κ2) is 6.17. The SMILES string of the molecule is CCc1cc(C(C)C)c(OCC2OC2C)c(C(C)C)c1. The minimum absolute atomic E-state index is 0.279. The molecule has 1 aromatic rings. The largest absolute Gasteiger partial charge is 0.490 e. The molecule has 0 spiro atoms. The number of rotatable bonds is 6. The smallest absolute Gasteiger partial charge is 0.126 e. The first kappa shape index (κ1) is 15.4. The fourth-order valence-electron chi connectivity index (χ4n) is 2.54. The summed E-state index contributed by atoms with van der Waals surface area (Å²) in [6.45, 7) is 13.9. The van der Waals surface area contributed by atoms with Crippen LogP contribution in [-0.2, 0) is 11.2 Å². The van der Waals surface area contributed by atoms with Crippen LogP contribution in [0.15, 0.2) is 12.1 Å². The van der Waals surface area contributed by atoms with Crippen LogP contribution in [-0.4, -0.2) is 18.8 Å². The van der Waals surface area contributed by atoms with Gasteiger partial charge < -0.3 is 9.47 Å². The molecule has 1 heterocycles. The van der Waals surface area contributed by atoms with Gasteiger partial charge in [0.05, 0.1) is 6.10 Å². The molecule has 2 atom stereocenters. The van der Waals surface area contributed by atoms with Crippen LogP contribution in [0.1, 0.15) is 70.1 Å². The molecule has 2 unspecified atom stereocenters. The van der Waals surface area contributed by atoms with Gasteiger partial charge in [-0.1, -0.05) is 46.8 Å². The molecule has 1 aliphatic heterocycles. The standard InChI is InChI=1S/C18H28O2/c1-7-14-8-15(11(2)3)18(16(9-14)12(4)5)19-10-17-13(6)20-17/h8-9,11-13,17H,7,10H2,1-6H3. The summed E-state index contributed by atoms with van der Waals surface area (Å²) in [6.07, 6.45) is 1.71. The Morgan fingerprint density at radius 3 is 1.95 bits per heavy atom. The molecule has 0 aliphatic carbocycles. The van der Waals surface area contributed by atoms with Crippen LogP contribution in [0.5, 0.6) is 5.75 Å². The summed E-state index contributed by atoms with van der Waals surface area (Å²) in [4.78, 5) is 0. The van der Waals surface area contributed by atoms with Crippen molar-refractivity contribution in [2.75, 3.05) is 6.61 Å². The number of aryl methyl sites for hydroxylation is 1. The lowest BCUT2D eigenvalue weighted by Gasteiger charge is -2.21. The molecule has 1 fully saturated rings. The molecule has 0 saturated carbocycles. The van der Waals surface area contributed by atoms with Crippen LogP contribution in [0.2, 0.25) is 0 Å². The van der Waals surface area contributed by atoms with Crippen LogP contribution in [0.4, 0.5) is 0 Å². The molecule has 1 aromatic carbocycles. The molecule has 0 N–H and O–H groups in total. The molecular formula is C18H28O2. The first-order valence-electron chi connectivity index (χ1n) is 7.89. The van der Waals surface area contributed by atoms with Gasteiger partial charge in [0.15, 0.2) is 0 Å². The molecule has 0 radical (unpaired) electrons. The summed E-state index contributed by atoms with van der Waals surface area (Å²) >= 11 is 0. The molecule has 0 bridgehead atoms. The van der Waals surface area contributed by atoms with E-state index in [2.05, 4.69) is 53.7 Å². The molecule has 1 aliphatic rings. The molecule has 1 saturated heterocycles. The Morgan fingerprint density at radius 1 is 1.10 bits per heavy atom. The van der Waals surface area contributed by atoms with Gasteiger partial charge in [0.2, 0.25) is 0 Å². The van der Waals surface area contributed by atoms with E-state index >= 15 is 0 Å². The maximum atomic E-state index is 6.16. The van der Waals surface area contributed by atoms with E-state index in [0.717, 1.165) is 12.2 Å². The third kappa shape index (κ3) is 3.35. The summed E-state index contributed by atoms with van der Waals surface area (Å²) in [5.74, 6) is 2.05. The summed E-state index contributed by atoms with van der Waals surface area (Å²) in [5.41, 5.74) is 4.07. The van der Waals surface area contributed by atoms with Gasteiger partial charge in [0.25, 0.3) is 0 Å². The van der Waals surface area contributed by atoms with Crippen molar-refractivity contribution in [3.8, 4) is 5.75 Å². The van der Waals surface area contributed by atoms with Gasteiger partial charge in [0.1, 0.15) is 18.5 Å². The molecule has 112 valence electrons. The minimum Gasteiger partial charge on any atom is -0.490 e. The third-order valence-electron chi connectivity index (χ3n) is 4.09. The highest BCUT2D eigenvalue weighted by atomic mass is 16.6. The highest BCUT2D eigenvalue weighted by Gasteiger charge is 2.35. The first-order chi connectivity index (χ1) is 9.43. The van der Waals surface area contributed by atoms with E-state index in [9.17, 15) is 0 Å². The van der Waals surface area contributed by atoms with Crippen LogP contribution in [0.25, 0.3) is 0 Å². The van der Waals surface area contributed by atoms with Crippen molar-refractivity contribution in [2.24, 2.45) is 0 Å². The van der Waals surface area contributed by atoms with Crippen LogP contribution in [0, 0.1) is 0 Å². The van der Waals surface area contributed by atoms with Gasteiger partial charge in [-0.15, -0.1) is 0 Å². The predicted molar refractivity (Wildman–Crippen MR) is 83.8 cm³/mol. The monoisotopic (exact) mass is 276 g/mol. The lowest BCUT2D eigenvalue weighted by atomic mass is 9.91. The second-order valence-corrected chi connectivity index (χ2v) is 6.46. The van der Waals surface area contributed by atoms with Gasteiger partial charge in [-0.25, -0.2) is 0 Å². The summed E-state index contributed by atoms with van der Waals surface area (Å²) in [7, 11) is 0. The number of ether oxygens (including phenoxy) is 2. The van der Waals surface area contributed by atoms with E-state index in [4.69, 9.17) is 9.47 Å². The zero-order chi connectivity index (χ0) is 14.9. The topological polar surface area (TPSA) is 21.8 Å². The quantitative estimate of drug-likeness (QED) is 0.705. The molecule has 0 amide bonds. The van der Waals surface area contributed by atoms with Crippen molar-refractivity contribution < 1.29 is 9.47 Å². The number of benzene rings is 1. The fourth-order valence-corrected chi connectivity index (χ4v) is 2.54. The van der Waals surface area contributed by atoms with E-state index in [-0.39, 0.29) is 6.10 Å². The van der Waals surface area contributed by atoms with Gasteiger partial charge in [-0.2, -0.15) is 0 Å². The van der Waals surface area contributed by atoms with Gasteiger partial charge in [0, 0.05) is 0 Å². The van der Waals surface area contributed by atoms with Crippen LogP contribution in [0.3, 0.4) is 0 Å². The van der Waals surface area contributed by atoms with Gasteiger partial charge in [-0.05, 0) is 41.9 Å². The van der Waals surface area contributed by atoms with E-state index in [1.54, 1.807) is 0 Å². The second-order valence-electron chi connectivity index (χ2n) is 6.46. The Kier molecular flexibility index (Phi) is 4.74. The van der Waals surface area contributed by atoms with Gasteiger partial charge in [-0.3, -0.25) is 0 Å². The van der Waals surface area contributed by atoms with Crippen molar-refractivity contribution in [3.63, 3.8) is 0 Å². The molecule has 2 heteroatoms. The Balaban J connectivity index is 2.33. The van der Waals surface area contributed by atoms with Crippen molar-refractivity contribution in [1.29, 1.82) is 0 Å². The molecule has 20 heavy (non-hydrogen) atoms. The normalized spacial score (nSPS) is 21.6. The van der Waals surface area contributed by atoms with Crippen molar-refractivity contribution in [2.45, 2.75) is 72.0 Å². The number of hydrogen-bond donors (Lipinski definition) is 0. The zero-order valence-electron chi connectivity index (χ0n) is 13.7. The van der Waals surface area contributed by atoms with E-state index in [1.165, 1.54) is 16.7 Å². The Morgan fingerprint density at radius 2 is 1.60 bits per heavy atom. The zero-order valence-corrected chi connectivity index (χ0v) is 13.7. The number of epoxide rings is 1. The predicted octanol–water partition coefficient (Wildman–Crippen LogP) is 4.66. The summed E-state index contributed by atoms with van der Waals surface area (Å²) < 4.78 is 11.6. The average molecular weight is 276 g/mol. The number of hydrogen-bond acceptors (Lipinski definition) is 2. The molecule has 2 nitrogen and oxygen atoms in total. The van der Waals surface area contributed by atoms with E-state index < -0.39 is 0 Å². The van der Waals surface area contributed by atoms with Crippen LogP contribution >= 0.6 is 0 Å². The third-order valence-corrected chi connectivity index (χ3v) is 4.09. The Bertz CT molecular complexity index is 433. The summed E-state index contributed by atoms with van der Waals surface area (Å²) in [5, 5.41) is 0. The maximum Gasteiger partial charge on any atom is 0.126 e. The van der Waals surface area contributed by atoms with Crippen molar-refractivity contribution in [1.82, 2.24) is 0 Å². The maximum absolute atomic E-state index is 6.16.